The second-order valence-corrected chi connectivity index (χ2v) is 12.1. The zero-order chi connectivity index (χ0) is 28.6. The smallest absolute Gasteiger partial charge is 0.244 e. The van der Waals surface area contributed by atoms with Crippen LogP contribution in [0.1, 0.15) is 51.0 Å². The molecule has 1 aliphatic rings. The van der Waals surface area contributed by atoms with E-state index in [2.05, 4.69) is 5.32 Å². The Labute approximate surface area is 236 Å². The molecule has 2 amide bonds. The minimum absolute atomic E-state index is 0.0760. The number of hydrogen-bond acceptors (Lipinski definition) is 6. The first-order valence-electron chi connectivity index (χ1n) is 13.1. The Hall–Kier alpha value is -2.98. The van der Waals surface area contributed by atoms with E-state index in [4.69, 9.17) is 21.1 Å². The van der Waals surface area contributed by atoms with Gasteiger partial charge >= 0.3 is 0 Å². The highest BCUT2D eigenvalue weighted by atomic mass is 35.5. The fraction of sp³-hybridized carbons (Fsp3) is 0.500. The number of amides is 2. The Balaban J connectivity index is 1.94. The first kappa shape index (κ1) is 30.6. The summed E-state index contributed by atoms with van der Waals surface area (Å²) in [7, 11) is -0.947. The predicted molar refractivity (Wildman–Crippen MR) is 153 cm³/mol. The first-order chi connectivity index (χ1) is 18.6. The third kappa shape index (κ3) is 8.25. The molecule has 3 rings (SSSR count). The maximum atomic E-state index is 13.9. The summed E-state index contributed by atoms with van der Waals surface area (Å²) in [6, 6.07) is 10.9. The fourth-order valence-electron chi connectivity index (χ4n) is 4.84. The lowest BCUT2D eigenvalue weighted by atomic mass is 9.95. The van der Waals surface area contributed by atoms with Crippen LogP contribution in [0.4, 0.5) is 5.69 Å². The molecule has 0 saturated heterocycles. The van der Waals surface area contributed by atoms with Gasteiger partial charge in [-0.15, -0.1) is 0 Å². The summed E-state index contributed by atoms with van der Waals surface area (Å²) < 4.78 is 37.3. The molecular formula is C28H38ClN3O6S. The van der Waals surface area contributed by atoms with Crippen molar-refractivity contribution < 1.29 is 27.5 Å². The van der Waals surface area contributed by atoms with Gasteiger partial charge in [0, 0.05) is 23.7 Å². The maximum Gasteiger partial charge on any atom is 0.244 e. The van der Waals surface area contributed by atoms with Crippen molar-refractivity contribution in [3.63, 3.8) is 0 Å². The molecule has 9 nitrogen and oxygen atoms in total. The monoisotopic (exact) mass is 579 g/mol. The highest BCUT2D eigenvalue weighted by Crippen LogP contribution is 2.32. The minimum atomic E-state index is -3.87. The van der Waals surface area contributed by atoms with E-state index < -0.39 is 28.5 Å². The minimum Gasteiger partial charge on any atom is -0.493 e. The number of anilines is 1. The van der Waals surface area contributed by atoms with Crippen LogP contribution in [0.15, 0.2) is 42.5 Å². The summed E-state index contributed by atoms with van der Waals surface area (Å²) in [4.78, 5) is 28.8. The lowest BCUT2D eigenvalue weighted by Crippen LogP contribution is -2.53. The number of nitrogens with one attached hydrogen (secondary N) is 1. The van der Waals surface area contributed by atoms with Crippen molar-refractivity contribution in [1.82, 2.24) is 10.2 Å². The Bertz CT molecular complexity index is 1230. The quantitative estimate of drug-likeness (QED) is 0.400. The molecule has 0 heterocycles. The van der Waals surface area contributed by atoms with E-state index in [1.807, 2.05) is 6.92 Å². The van der Waals surface area contributed by atoms with Crippen molar-refractivity contribution in [1.29, 1.82) is 0 Å². The van der Waals surface area contributed by atoms with Gasteiger partial charge in [-0.3, -0.25) is 13.9 Å². The molecule has 1 aliphatic carbocycles. The number of halogens is 1. The molecular weight excluding hydrogens is 542 g/mol. The van der Waals surface area contributed by atoms with E-state index in [1.165, 1.54) is 25.2 Å². The second-order valence-electron chi connectivity index (χ2n) is 9.72. The number of rotatable bonds is 12. The molecule has 1 saturated carbocycles. The van der Waals surface area contributed by atoms with E-state index in [1.54, 1.807) is 36.4 Å². The van der Waals surface area contributed by atoms with Crippen molar-refractivity contribution in [3.8, 4) is 11.5 Å². The summed E-state index contributed by atoms with van der Waals surface area (Å²) in [5, 5.41) is 3.68. The normalized spacial score (nSPS) is 14.8. The SMILES string of the molecule is CC[C@@H](C(=O)NC1CCCCC1)N(Cc1ccc(Cl)cc1)C(=O)CN(c1ccc(OC)c(OC)c1)S(C)(=O)=O. The number of ether oxygens (including phenoxy) is 2. The third-order valence-electron chi connectivity index (χ3n) is 6.94. The van der Waals surface area contributed by atoms with Crippen LogP contribution in [-0.2, 0) is 26.2 Å². The highest BCUT2D eigenvalue weighted by molar-refractivity contribution is 7.92. The summed E-state index contributed by atoms with van der Waals surface area (Å²) in [6.45, 7) is 1.47. The number of carbonyl (C=O) groups excluding carboxylic acids is 2. The number of carbonyl (C=O) groups is 2. The molecule has 214 valence electrons. The number of benzene rings is 2. The van der Waals surface area contributed by atoms with Gasteiger partial charge < -0.3 is 19.7 Å². The van der Waals surface area contributed by atoms with Crippen LogP contribution >= 0.6 is 11.6 Å². The van der Waals surface area contributed by atoms with Gasteiger partial charge in [0.1, 0.15) is 12.6 Å². The topological polar surface area (TPSA) is 105 Å². The molecule has 0 spiro atoms. The van der Waals surface area contributed by atoms with Crippen molar-refractivity contribution in [2.45, 2.75) is 64.1 Å². The number of methoxy groups -OCH3 is 2. The molecule has 39 heavy (non-hydrogen) atoms. The summed E-state index contributed by atoms with van der Waals surface area (Å²) in [5.74, 6) is 0.0165. The zero-order valence-electron chi connectivity index (χ0n) is 23.0. The average Bonchev–Trinajstić information content (AvgIpc) is 2.92. The maximum absolute atomic E-state index is 13.9. The molecule has 0 unspecified atom stereocenters. The number of sulfonamides is 1. The van der Waals surface area contributed by atoms with Gasteiger partial charge in [0.25, 0.3) is 0 Å². The molecule has 0 aliphatic heterocycles. The van der Waals surface area contributed by atoms with Crippen molar-refractivity contribution in [2.24, 2.45) is 0 Å². The molecule has 1 fully saturated rings. The lowest BCUT2D eigenvalue weighted by Gasteiger charge is -2.34. The van der Waals surface area contributed by atoms with Crippen LogP contribution in [0.3, 0.4) is 0 Å². The van der Waals surface area contributed by atoms with Gasteiger partial charge in [0.05, 0.1) is 26.2 Å². The highest BCUT2D eigenvalue weighted by Gasteiger charge is 2.33. The molecule has 0 aromatic heterocycles. The Morgan fingerprint density at radius 1 is 1.03 bits per heavy atom. The molecule has 1 atom stereocenters. The molecule has 0 radical (unpaired) electrons. The molecule has 2 aromatic carbocycles. The van der Waals surface area contributed by atoms with Crippen LogP contribution in [0.25, 0.3) is 0 Å². The van der Waals surface area contributed by atoms with Gasteiger partial charge in [-0.05, 0) is 49.1 Å². The molecule has 2 aromatic rings. The summed E-state index contributed by atoms with van der Waals surface area (Å²) >= 11 is 6.06. The van der Waals surface area contributed by atoms with Crippen LogP contribution < -0.4 is 19.1 Å². The van der Waals surface area contributed by atoms with E-state index in [9.17, 15) is 18.0 Å². The second kappa shape index (κ2) is 13.9. The summed E-state index contributed by atoms with van der Waals surface area (Å²) in [5.41, 5.74) is 1.02. The lowest BCUT2D eigenvalue weighted by molar-refractivity contribution is -0.140. The molecule has 11 heteroatoms. The zero-order valence-corrected chi connectivity index (χ0v) is 24.6. The van der Waals surface area contributed by atoms with Crippen LogP contribution in [0.2, 0.25) is 5.02 Å². The first-order valence-corrected chi connectivity index (χ1v) is 15.3. The standard InChI is InChI=1S/C28H38ClN3O6S/c1-5-24(28(34)30-22-9-7-6-8-10-22)31(18-20-11-13-21(29)14-12-20)27(33)19-32(39(4,35)36)23-15-16-25(37-2)26(17-23)38-3/h11-17,22,24H,5-10,18-19H2,1-4H3,(H,30,34)/t24-/m0/s1. The van der Waals surface area contributed by atoms with Gasteiger partial charge in [0.2, 0.25) is 21.8 Å². The van der Waals surface area contributed by atoms with Gasteiger partial charge in [-0.2, -0.15) is 0 Å². The van der Waals surface area contributed by atoms with Gasteiger partial charge in [-0.1, -0.05) is 49.9 Å². The van der Waals surface area contributed by atoms with Crippen molar-refractivity contribution in [3.05, 3.63) is 53.1 Å². The van der Waals surface area contributed by atoms with Crippen molar-refractivity contribution in [2.75, 3.05) is 31.3 Å². The number of nitrogens with zero attached hydrogens (tertiary/aromatic N) is 2. The average molecular weight is 580 g/mol. The molecule has 0 bridgehead atoms. The van der Waals surface area contributed by atoms with E-state index in [-0.39, 0.29) is 24.2 Å². The van der Waals surface area contributed by atoms with Gasteiger partial charge in [0.15, 0.2) is 11.5 Å². The largest absolute Gasteiger partial charge is 0.493 e. The van der Waals surface area contributed by atoms with Crippen LogP contribution in [-0.4, -0.2) is 64.2 Å². The third-order valence-corrected chi connectivity index (χ3v) is 8.33. The summed E-state index contributed by atoms with van der Waals surface area (Å²) in [6.07, 6.45) is 6.50. The van der Waals surface area contributed by atoms with Crippen LogP contribution in [0, 0.1) is 0 Å². The Kier molecular flexibility index (Phi) is 10.9. The Morgan fingerprint density at radius 3 is 2.23 bits per heavy atom. The Morgan fingerprint density at radius 2 is 1.67 bits per heavy atom. The van der Waals surface area contributed by atoms with E-state index in [0.29, 0.717) is 22.9 Å². The molecule has 1 N–H and O–H groups in total. The predicted octanol–water partition coefficient (Wildman–Crippen LogP) is 4.38. The van der Waals surface area contributed by atoms with Crippen molar-refractivity contribution >= 4 is 39.1 Å². The van der Waals surface area contributed by atoms with E-state index in [0.717, 1.165) is 48.2 Å². The van der Waals surface area contributed by atoms with Gasteiger partial charge in [-0.25, -0.2) is 8.42 Å². The number of hydrogen-bond donors (Lipinski definition) is 1. The fourth-order valence-corrected chi connectivity index (χ4v) is 5.81. The van der Waals surface area contributed by atoms with E-state index >= 15 is 0 Å². The van der Waals surface area contributed by atoms with Crippen LogP contribution in [0.5, 0.6) is 11.5 Å².